The molecule has 4 nitrogen and oxygen atoms in total. The van der Waals surface area contributed by atoms with E-state index < -0.39 is 11.9 Å². The number of fused-ring (bicyclic) bond motifs is 1. The van der Waals surface area contributed by atoms with E-state index in [2.05, 4.69) is 10.4 Å². The molecular formula is C21H24F3N3O. The summed E-state index contributed by atoms with van der Waals surface area (Å²) < 4.78 is 41.5. The largest absolute Gasteiger partial charge is 0.435 e. The van der Waals surface area contributed by atoms with Crippen molar-refractivity contribution in [1.29, 1.82) is 0 Å². The molecular weight excluding hydrogens is 367 g/mol. The first-order valence-electron chi connectivity index (χ1n) is 10.0. The normalized spacial score (nSPS) is 18.0. The Morgan fingerprint density at radius 3 is 2.36 bits per heavy atom. The van der Waals surface area contributed by atoms with E-state index in [1.807, 2.05) is 0 Å². The number of carbonyl (C=O) groups excluding carboxylic acids is 1. The molecule has 0 aliphatic heterocycles. The molecule has 0 atom stereocenters. The van der Waals surface area contributed by atoms with Crippen LogP contribution >= 0.6 is 0 Å². The number of carbonyl (C=O) groups is 1. The van der Waals surface area contributed by atoms with Gasteiger partial charge in [-0.2, -0.15) is 18.3 Å². The third-order valence-electron chi connectivity index (χ3n) is 5.76. The summed E-state index contributed by atoms with van der Waals surface area (Å²) in [5.74, 6) is -0.128. The van der Waals surface area contributed by atoms with Crippen molar-refractivity contribution in [3.05, 3.63) is 46.8 Å². The van der Waals surface area contributed by atoms with Crippen LogP contribution in [0.5, 0.6) is 0 Å². The van der Waals surface area contributed by atoms with Gasteiger partial charge in [0.15, 0.2) is 5.69 Å². The minimum Gasteiger partial charge on any atom is -0.349 e. The van der Waals surface area contributed by atoms with Gasteiger partial charge in [-0.25, -0.2) is 4.68 Å². The van der Waals surface area contributed by atoms with Gasteiger partial charge in [0, 0.05) is 22.9 Å². The molecule has 150 valence electrons. The number of rotatable bonds is 3. The number of hydrogen-bond acceptors (Lipinski definition) is 2. The summed E-state index contributed by atoms with van der Waals surface area (Å²) in [6.45, 7) is 0. The second kappa shape index (κ2) is 7.60. The van der Waals surface area contributed by atoms with Crippen LogP contribution in [0.2, 0.25) is 0 Å². The number of benzene rings is 1. The van der Waals surface area contributed by atoms with Gasteiger partial charge in [-0.1, -0.05) is 19.3 Å². The number of nitrogens with one attached hydrogen (secondary N) is 1. The summed E-state index contributed by atoms with van der Waals surface area (Å²) in [6.07, 6.45) is 3.65. The smallest absolute Gasteiger partial charge is 0.349 e. The predicted octanol–water partition coefficient (Wildman–Crippen LogP) is 4.83. The highest BCUT2D eigenvalue weighted by Crippen LogP contribution is 2.36. The lowest BCUT2D eigenvalue weighted by Crippen LogP contribution is -2.36. The van der Waals surface area contributed by atoms with Crippen molar-refractivity contribution < 1.29 is 18.0 Å². The molecule has 1 aromatic carbocycles. The van der Waals surface area contributed by atoms with E-state index in [1.54, 1.807) is 24.3 Å². The fraction of sp³-hybridized carbons (Fsp3) is 0.524. The Hall–Kier alpha value is -2.31. The number of amides is 1. The molecule has 0 bridgehead atoms. The fourth-order valence-electron chi connectivity index (χ4n) is 4.31. The lowest BCUT2D eigenvalue weighted by molar-refractivity contribution is -0.142. The molecule has 1 fully saturated rings. The second-order valence-corrected chi connectivity index (χ2v) is 7.75. The Balaban J connectivity index is 1.57. The summed E-state index contributed by atoms with van der Waals surface area (Å²) in [4.78, 5) is 12.4. The molecule has 1 aromatic heterocycles. The first-order valence-corrected chi connectivity index (χ1v) is 10.0. The van der Waals surface area contributed by atoms with Gasteiger partial charge in [0.1, 0.15) is 0 Å². The molecule has 0 spiro atoms. The van der Waals surface area contributed by atoms with Crippen molar-refractivity contribution in [2.24, 2.45) is 0 Å². The Morgan fingerprint density at radius 2 is 1.68 bits per heavy atom. The lowest BCUT2D eigenvalue weighted by atomic mass is 9.95. The van der Waals surface area contributed by atoms with Crippen LogP contribution < -0.4 is 5.32 Å². The molecule has 1 N–H and O–H groups in total. The monoisotopic (exact) mass is 391 g/mol. The molecule has 2 aliphatic carbocycles. The van der Waals surface area contributed by atoms with Crippen LogP contribution in [0, 0.1) is 0 Å². The van der Waals surface area contributed by atoms with Gasteiger partial charge in [-0.3, -0.25) is 4.79 Å². The van der Waals surface area contributed by atoms with Crippen LogP contribution in [-0.4, -0.2) is 21.7 Å². The van der Waals surface area contributed by atoms with Crippen LogP contribution in [0.3, 0.4) is 0 Å². The predicted molar refractivity (Wildman–Crippen MR) is 99.5 cm³/mol. The Labute approximate surface area is 162 Å². The van der Waals surface area contributed by atoms with Crippen LogP contribution in [0.25, 0.3) is 5.69 Å². The van der Waals surface area contributed by atoms with E-state index in [1.165, 1.54) is 11.1 Å². The number of alkyl halides is 3. The SMILES string of the molecule is O=C(NC1CCCCC1)c1ccc(-n2nc(C(F)(F)F)c3c2CCCC3)cc1. The summed E-state index contributed by atoms with van der Waals surface area (Å²) in [5.41, 5.74) is 1.26. The highest BCUT2D eigenvalue weighted by Gasteiger charge is 2.39. The van der Waals surface area contributed by atoms with Crippen LogP contribution in [0.4, 0.5) is 13.2 Å². The fourth-order valence-corrected chi connectivity index (χ4v) is 4.31. The molecule has 1 heterocycles. The van der Waals surface area contributed by atoms with E-state index in [0.717, 1.165) is 38.5 Å². The lowest BCUT2D eigenvalue weighted by Gasteiger charge is -2.22. The third kappa shape index (κ3) is 3.80. The van der Waals surface area contributed by atoms with E-state index in [0.29, 0.717) is 35.3 Å². The number of hydrogen-bond donors (Lipinski definition) is 1. The molecule has 28 heavy (non-hydrogen) atoms. The van der Waals surface area contributed by atoms with Crippen LogP contribution in [0.15, 0.2) is 24.3 Å². The minimum atomic E-state index is -4.45. The molecule has 7 heteroatoms. The average Bonchev–Trinajstić information content (AvgIpc) is 3.09. The zero-order valence-corrected chi connectivity index (χ0v) is 15.7. The van der Waals surface area contributed by atoms with Crippen molar-refractivity contribution in [3.63, 3.8) is 0 Å². The number of nitrogens with zero attached hydrogens (tertiary/aromatic N) is 2. The summed E-state index contributed by atoms with van der Waals surface area (Å²) in [5, 5.41) is 6.95. The summed E-state index contributed by atoms with van der Waals surface area (Å²) in [7, 11) is 0. The van der Waals surface area contributed by atoms with Gasteiger partial charge in [0.05, 0.1) is 5.69 Å². The molecule has 0 unspecified atom stereocenters. The molecule has 2 aliphatic rings. The highest BCUT2D eigenvalue weighted by atomic mass is 19.4. The first kappa shape index (κ1) is 19.0. The zero-order valence-electron chi connectivity index (χ0n) is 15.7. The van der Waals surface area contributed by atoms with Gasteiger partial charge in [0.25, 0.3) is 5.91 Å². The topological polar surface area (TPSA) is 46.9 Å². The van der Waals surface area contributed by atoms with Gasteiger partial charge < -0.3 is 5.32 Å². The zero-order chi connectivity index (χ0) is 19.7. The quantitative estimate of drug-likeness (QED) is 0.814. The molecule has 2 aromatic rings. The third-order valence-corrected chi connectivity index (χ3v) is 5.76. The van der Waals surface area contributed by atoms with Crippen molar-refractivity contribution in [2.75, 3.05) is 0 Å². The van der Waals surface area contributed by atoms with E-state index >= 15 is 0 Å². The average molecular weight is 391 g/mol. The molecule has 1 saturated carbocycles. The Kier molecular flexibility index (Phi) is 5.17. The van der Waals surface area contributed by atoms with Gasteiger partial charge in [-0.05, 0) is 62.8 Å². The molecule has 0 radical (unpaired) electrons. The summed E-state index contributed by atoms with van der Waals surface area (Å²) >= 11 is 0. The van der Waals surface area contributed by atoms with Crippen LogP contribution in [0.1, 0.15) is 72.3 Å². The van der Waals surface area contributed by atoms with Gasteiger partial charge in [-0.15, -0.1) is 0 Å². The molecule has 0 saturated heterocycles. The highest BCUT2D eigenvalue weighted by molar-refractivity contribution is 5.94. The van der Waals surface area contributed by atoms with Crippen molar-refractivity contribution in [1.82, 2.24) is 15.1 Å². The number of aromatic nitrogens is 2. The van der Waals surface area contributed by atoms with Crippen LogP contribution in [-0.2, 0) is 19.0 Å². The van der Waals surface area contributed by atoms with Crippen molar-refractivity contribution in [2.45, 2.75) is 70.0 Å². The maximum Gasteiger partial charge on any atom is 0.435 e. The van der Waals surface area contributed by atoms with Crippen molar-refractivity contribution >= 4 is 5.91 Å². The maximum atomic E-state index is 13.4. The first-order chi connectivity index (χ1) is 13.4. The molecule has 4 rings (SSSR count). The molecule has 1 amide bonds. The van der Waals surface area contributed by atoms with Gasteiger partial charge >= 0.3 is 6.18 Å². The van der Waals surface area contributed by atoms with E-state index in [-0.39, 0.29) is 11.9 Å². The van der Waals surface area contributed by atoms with Gasteiger partial charge in [0.2, 0.25) is 0 Å². The van der Waals surface area contributed by atoms with E-state index in [4.69, 9.17) is 0 Å². The minimum absolute atomic E-state index is 0.128. The maximum absolute atomic E-state index is 13.4. The van der Waals surface area contributed by atoms with Crippen molar-refractivity contribution in [3.8, 4) is 5.69 Å². The Bertz CT molecular complexity index is 849. The standard InChI is InChI=1S/C21H24F3N3O/c22-21(23,24)19-17-8-4-5-9-18(17)27(26-19)16-12-10-14(11-13-16)20(28)25-15-6-2-1-3-7-15/h10-13,15H,1-9H2,(H,25,28). The summed E-state index contributed by atoms with van der Waals surface area (Å²) in [6, 6.07) is 6.90. The number of halogens is 3. The Morgan fingerprint density at radius 1 is 1.00 bits per heavy atom. The second-order valence-electron chi connectivity index (χ2n) is 7.75. The van der Waals surface area contributed by atoms with E-state index in [9.17, 15) is 18.0 Å².